The van der Waals surface area contributed by atoms with Crippen LogP contribution in [0.3, 0.4) is 0 Å². The number of nitrogens with zero attached hydrogens (tertiary/aromatic N) is 3. The number of aromatic nitrogens is 2. The van der Waals surface area contributed by atoms with Crippen molar-refractivity contribution < 1.29 is 9.90 Å². The molecule has 0 radical (unpaired) electrons. The lowest BCUT2D eigenvalue weighted by Crippen LogP contribution is -2.32. The van der Waals surface area contributed by atoms with Gasteiger partial charge >= 0.3 is 5.97 Å². The summed E-state index contributed by atoms with van der Waals surface area (Å²) in [5.74, 6) is 1.59. The molecule has 2 saturated carbocycles. The van der Waals surface area contributed by atoms with Gasteiger partial charge in [0.25, 0.3) is 0 Å². The van der Waals surface area contributed by atoms with E-state index >= 15 is 0 Å². The summed E-state index contributed by atoms with van der Waals surface area (Å²) in [7, 11) is 0. The summed E-state index contributed by atoms with van der Waals surface area (Å²) in [4.78, 5) is 22.0. The molecule has 3 atom stereocenters. The molecule has 1 aliphatic heterocycles. The monoisotopic (exact) mass is 259 g/mol. The summed E-state index contributed by atoms with van der Waals surface area (Å²) >= 11 is 0. The SMILES string of the molecule is O=C(O)[C@@H]1[C@@H]2CCN(c3cc(C4CC4)ncn3)C[C@@H]21. The van der Waals surface area contributed by atoms with Crippen molar-refractivity contribution in [3.05, 3.63) is 18.1 Å². The first-order valence-electron chi connectivity index (χ1n) is 7.04. The van der Waals surface area contributed by atoms with Gasteiger partial charge in [0.15, 0.2) is 0 Å². The molecule has 100 valence electrons. The zero-order chi connectivity index (χ0) is 13.0. The Morgan fingerprint density at radius 1 is 1.26 bits per heavy atom. The predicted molar refractivity (Wildman–Crippen MR) is 68.9 cm³/mol. The van der Waals surface area contributed by atoms with Gasteiger partial charge in [0, 0.05) is 30.8 Å². The van der Waals surface area contributed by atoms with Crippen LogP contribution >= 0.6 is 0 Å². The van der Waals surface area contributed by atoms with Crippen LogP contribution in [0.5, 0.6) is 0 Å². The lowest BCUT2D eigenvalue weighted by atomic mass is 10.1. The number of piperidine rings is 1. The van der Waals surface area contributed by atoms with Gasteiger partial charge in [0.1, 0.15) is 12.1 Å². The number of aliphatic carboxylic acids is 1. The normalized spacial score (nSPS) is 32.8. The highest BCUT2D eigenvalue weighted by Crippen LogP contribution is 2.52. The number of carbonyl (C=O) groups is 1. The Hall–Kier alpha value is -1.65. The van der Waals surface area contributed by atoms with Crippen LogP contribution in [0.1, 0.15) is 30.9 Å². The number of fused-ring (bicyclic) bond motifs is 1. The molecular weight excluding hydrogens is 242 g/mol. The molecule has 2 heterocycles. The summed E-state index contributed by atoms with van der Waals surface area (Å²) in [6.45, 7) is 1.76. The van der Waals surface area contributed by atoms with Gasteiger partial charge in [-0.2, -0.15) is 0 Å². The van der Waals surface area contributed by atoms with Gasteiger partial charge in [0.05, 0.1) is 5.92 Å². The van der Waals surface area contributed by atoms with Gasteiger partial charge in [-0.25, -0.2) is 9.97 Å². The first kappa shape index (κ1) is 11.2. The van der Waals surface area contributed by atoms with E-state index in [2.05, 4.69) is 20.9 Å². The van der Waals surface area contributed by atoms with E-state index in [1.807, 2.05) is 0 Å². The second-order valence-corrected chi connectivity index (χ2v) is 6.00. The van der Waals surface area contributed by atoms with Crippen LogP contribution in [0.2, 0.25) is 0 Å². The number of rotatable bonds is 3. The van der Waals surface area contributed by atoms with E-state index in [0.717, 1.165) is 31.0 Å². The molecule has 0 unspecified atom stereocenters. The first-order chi connectivity index (χ1) is 9.24. The Kier molecular flexibility index (Phi) is 2.31. The quantitative estimate of drug-likeness (QED) is 0.891. The van der Waals surface area contributed by atoms with Crippen LogP contribution in [0.15, 0.2) is 12.4 Å². The summed E-state index contributed by atoms with van der Waals surface area (Å²) in [6, 6.07) is 2.09. The largest absolute Gasteiger partial charge is 0.481 e. The van der Waals surface area contributed by atoms with Gasteiger partial charge in [-0.05, 0) is 31.1 Å². The fourth-order valence-electron chi connectivity index (χ4n) is 3.45. The third kappa shape index (κ3) is 1.88. The van der Waals surface area contributed by atoms with Gasteiger partial charge < -0.3 is 10.0 Å². The van der Waals surface area contributed by atoms with E-state index in [1.165, 1.54) is 12.8 Å². The molecule has 19 heavy (non-hydrogen) atoms. The Morgan fingerprint density at radius 3 is 2.84 bits per heavy atom. The van der Waals surface area contributed by atoms with Crippen LogP contribution in [0.25, 0.3) is 0 Å². The minimum atomic E-state index is -0.627. The molecule has 1 N–H and O–H groups in total. The second-order valence-electron chi connectivity index (χ2n) is 6.00. The van der Waals surface area contributed by atoms with E-state index in [0.29, 0.717) is 17.8 Å². The lowest BCUT2D eigenvalue weighted by Gasteiger charge is -2.27. The summed E-state index contributed by atoms with van der Waals surface area (Å²) < 4.78 is 0. The van der Waals surface area contributed by atoms with Crippen LogP contribution < -0.4 is 4.90 Å². The van der Waals surface area contributed by atoms with Crippen molar-refractivity contribution in [3.63, 3.8) is 0 Å². The Balaban J connectivity index is 1.51. The first-order valence-corrected chi connectivity index (χ1v) is 7.04. The average Bonchev–Trinajstić information content (AvgIpc) is 3.30. The summed E-state index contributed by atoms with van der Waals surface area (Å²) in [5.41, 5.74) is 1.15. The van der Waals surface area contributed by atoms with Crippen LogP contribution in [-0.4, -0.2) is 34.1 Å². The van der Waals surface area contributed by atoms with Crippen molar-refractivity contribution in [2.45, 2.75) is 25.2 Å². The molecule has 4 rings (SSSR count). The molecule has 5 heteroatoms. The van der Waals surface area contributed by atoms with E-state index in [1.54, 1.807) is 6.33 Å². The highest BCUT2D eigenvalue weighted by Gasteiger charge is 2.57. The summed E-state index contributed by atoms with van der Waals surface area (Å²) in [6.07, 6.45) is 5.10. The van der Waals surface area contributed by atoms with E-state index in [-0.39, 0.29) is 5.92 Å². The van der Waals surface area contributed by atoms with Crippen LogP contribution in [0.4, 0.5) is 5.82 Å². The van der Waals surface area contributed by atoms with Crippen molar-refractivity contribution in [2.75, 3.05) is 18.0 Å². The van der Waals surface area contributed by atoms with Crippen LogP contribution in [-0.2, 0) is 4.79 Å². The van der Waals surface area contributed by atoms with Crippen LogP contribution in [0, 0.1) is 17.8 Å². The zero-order valence-corrected chi connectivity index (χ0v) is 10.7. The number of hydrogen-bond acceptors (Lipinski definition) is 4. The van der Waals surface area contributed by atoms with Crippen molar-refractivity contribution in [1.29, 1.82) is 0 Å². The molecule has 1 saturated heterocycles. The van der Waals surface area contributed by atoms with Crippen molar-refractivity contribution >= 4 is 11.8 Å². The molecular formula is C14H17N3O2. The van der Waals surface area contributed by atoms with Gasteiger partial charge in [-0.1, -0.05) is 0 Å². The highest BCUT2D eigenvalue weighted by atomic mass is 16.4. The van der Waals surface area contributed by atoms with Gasteiger partial charge in [-0.15, -0.1) is 0 Å². The third-order valence-corrected chi connectivity index (χ3v) is 4.77. The number of hydrogen-bond donors (Lipinski definition) is 1. The Morgan fingerprint density at radius 2 is 2.11 bits per heavy atom. The maximum atomic E-state index is 11.1. The van der Waals surface area contributed by atoms with E-state index in [4.69, 9.17) is 5.11 Å². The van der Waals surface area contributed by atoms with Crippen molar-refractivity contribution in [1.82, 2.24) is 9.97 Å². The minimum Gasteiger partial charge on any atom is -0.481 e. The Labute approximate surface area is 111 Å². The molecule has 3 aliphatic rings. The van der Waals surface area contributed by atoms with Crippen molar-refractivity contribution in [3.8, 4) is 0 Å². The molecule has 5 nitrogen and oxygen atoms in total. The van der Waals surface area contributed by atoms with Crippen molar-refractivity contribution in [2.24, 2.45) is 17.8 Å². The Bertz CT molecular complexity index is 529. The van der Waals surface area contributed by atoms with E-state index < -0.39 is 5.97 Å². The molecule has 1 aromatic heterocycles. The van der Waals surface area contributed by atoms with Gasteiger partial charge in [-0.3, -0.25) is 4.79 Å². The fourth-order valence-corrected chi connectivity index (χ4v) is 3.45. The van der Waals surface area contributed by atoms with Gasteiger partial charge in [0.2, 0.25) is 0 Å². The second kappa shape index (κ2) is 3.92. The number of carboxylic acids is 1. The lowest BCUT2D eigenvalue weighted by molar-refractivity contribution is -0.139. The molecule has 2 aliphatic carbocycles. The fraction of sp³-hybridized carbons (Fsp3) is 0.643. The molecule has 3 fully saturated rings. The summed E-state index contributed by atoms with van der Waals surface area (Å²) in [5, 5.41) is 9.12. The number of anilines is 1. The predicted octanol–water partition coefficient (Wildman–Crippen LogP) is 1.51. The zero-order valence-electron chi connectivity index (χ0n) is 10.7. The molecule has 0 bridgehead atoms. The maximum absolute atomic E-state index is 11.1. The third-order valence-electron chi connectivity index (χ3n) is 4.77. The minimum absolute atomic E-state index is 0.116. The molecule has 0 amide bonds. The smallest absolute Gasteiger partial charge is 0.307 e. The average molecular weight is 259 g/mol. The highest BCUT2D eigenvalue weighted by molar-refractivity contribution is 5.74. The number of carboxylic acid groups (broad SMARTS) is 1. The topological polar surface area (TPSA) is 66.3 Å². The maximum Gasteiger partial charge on any atom is 0.307 e. The molecule has 1 aromatic rings. The van der Waals surface area contributed by atoms with E-state index in [9.17, 15) is 4.79 Å². The molecule has 0 spiro atoms. The molecule has 0 aromatic carbocycles. The standard InChI is InChI=1S/C14H17N3O2/c18-14(19)13-9-3-4-17(6-10(9)13)12-5-11(8-1-2-8)15-7-16-12/h5,7-10,13H,1-4,6H2,(H,18,19)/t9-,10+,13-/m1/s1.